The van der Waals surface area contributed by atoms with Crippen LogP contribution < -0.4 is 29.6 Å². The van der Waals surface area contributed by atoms with Crippen LogP contribution in [-0.2, 0) is 0 Å². The summed E-state index contributed by atoms with van der Waals surface area (Å²) in [5.41, 5.74) is 0. The predicted molar refractivity (Wildman–Crippen MR) is 23.9 cm³/mol. The minimum absolute atomic E-state index is 0. The zero-order chi connectivity index (χ0) is 3.58. The van der Waals surface area contributed by atoms with Crippen LogP contribution in [0.5, 0.6) is 0 Å². The smallest absolute Gasteiger partial charge is 0.315 e. The summed E-state index contributed by atoms with van der Waals surface area (Å²) in [6.07, 6.45) is 0. The molecule has 3 heteroatoms. The van der Waals surface area contributed by atoms with Gasteiger partial charge in [0.2, 0.25) is 0 Å². The van der Waals surface area contributed by atoms with E-state index >= 15 is 0 Å². The topological polar surface area (TPSA) is 0 Å². The molecular formula is C2H3BrClNa. The SMILES string of the molecule is [CH2-]C(Cl)Br.[Na+]. The van der Waals surface area contributed by atoms with E-state index in [0.717, 1.165) is 0 Å². The minimum atomic E-state index is -0.132. The van der Waals surface area contributed by atoms with Crippen LogP contribution in [0.15, 0.2) is 0 Å². The largest absolute Gasteiger partial charge is 1.00 e. The number of halogens is 2. The maximum Gasteiger partial charge on any atom is 1.00 e. The van der Waals surface area contributed by atoms with E-state index in [2.05, 4.69) is 22.9 Å². The van der Waals surface area contributed by atoms with Crippen molar-refractivity contribution in [2.45, 2.75) is 4.29 Å². The summed E-state index contributed by atoms with van der Waals surface area (Å²) in [5, 5.41) is 0. The summed E-state index contributed by atoms with van der Waals surface area (Å²) in [6.45, 7) is 3.32. The average Bonchev–Trinajstić information content (AvgIpc) is 0.811. The Labute approximate surface area is 67.7 Å². The second-order valence-electron chi connectivity index (χ2n) is 0.391. The molecule has 1 atom stereocenters. The van der Waals surface area contributed by atoms with Crippen molar-refractivity contribution in [1.82, 2.24) is 0 Å². The number of hydrogen-bond donors (Lipinski definition) is 0. The standard InChI is InChI=1S/C2H3BrCl.Na/c1-2(3)4;/h2H,1H2;/q-1;+1. The summed E-state index contributed by atoms with van der Waals surface area (Å²) in [4.78, 5) is 0. The van der Waals surface area contributed by atoms with Gasteiger partial charge >= 0.3 is 29.6 Å². The van der Waals surface area contributed by atoms with Gasteiger partial charge in [-0.25, -0.2) is 0 Å². The third-order valence-electron chi connectivity index (χ3n) is 0. The van der Waals surface area contributed by atoms with E-state index in [1.807, 2.05) is 0 Å². The Bertz CT molecular complexity index is 14.4. The molecular weight excluding hydrogens is 162 g/mol. The van der Waals surface area contributed by atoms with Crippen molar-refractivity contribution < 1.29 is 29.6 Å². The van der Waals surface area contributed by atoms with Crippen molar-refractivity contribution in [3.8, 4) is 0 Å². The maximum atomic E-state index is 5.08. The monoisotopic (exact) mass is 164 g/mol. The van der Waals surface area contributed by atoms with E-state index < -0.39 is 0 Å². The van der Waals surface area contributed by atoms with Gasteiger partial charge in [0.1, 0.15) is 0 Å². The summed E-state index contributed by atoms with van der Waals surface area (Å²) >= 11 is 8.01. The van der Waals surface area contributed by atoms with Crippen LogP contribution in [0.3, 0.4) is 0 Å². The molecule has 0 aliphatic carbocycles. The first-order valence-electron chi connectivity index (χ1n) is 0.845. The molecule has 0 heterocycles. The molecule has 0 saturated heterocycles. The molecule has 0 amide bonds. The van der Waals surface area contributed by atoms with Crippen LogP contribution in [0.4, 0.5) is 0 Å². The van der Waals surface area contributed by atoms with Gasteiger partial charge in [0.05, 0.1) is 0 Å². The van der Waals surface area contributed by atoms with Crippen LogP contribution in [0.2, 0.25) is 0 Å². The molecule has 0 aromatic rings. The Morgan fingerprint density at radius 1 is 1.80 bits per heavy atom. The van der Waals surface area contributed by atoms with Gasteiger partial charge in [0.15, 0.2) is 0 Å². The Morgan fingerprint density at radius 2 is 1.80 bits per heavy atom. The van der Waals surface area contributed by atoms with Crippen LogP contribution in [-0.4, -0.2) is 4.29 Å². The van der Waals surface area contributed by atoms with Gasteiger partial charge < -0.3 is 6.92 Å². The molecule has 0 rings (SSSR count). The van der Waals surface area contributed by atoms with E-state index in [-0.39, 0.29) is 33.8 Å². The van der Waals surface area contributed by atoms with E-state index in [4.69, 9.17) is 11.6 Å². The fourth-order valence-electron chi connectivity index (χ4n) is 0. The van der Waals surface area contributed by atoms with Gasteiger partial charge in [-0.1, -0.05) is 0 Å². The molecule has 0 radical (unpaired) electrons. The summed E-state index contributed by atoms with van der Waals surface area (Å²) < 4.78 is -0.132. The maximum absolute atomic E-state index is 5.08. The molecule has 26 valence electrons. The van der Waals surface area contributed by atoms with Gasteiger partial charge in [0.25, 0.3) is 0 Å². The quantitative estimate of drug-likeness (QED) is 0.240. The molecule has 0 fully saturated rings. The van der Waals surface area contributed by atoms with Crippen molar-refractivity contribution in [2.24, 2.45) is 0 Å². The van der Waals surface area contributed by atoms with E-state index in [9.17, 15) is 0 Å². The summed E-state index contributed by atoms with van der Waals surface area (Å²) in [7, 11) is 0. The van der Waals surface area contributed by atoms with Gasteiger partial charge in [-0.05, 0) is 4.29 Å². The van der Waals surface area contributed by atoms with Crippen molar-refractivity contribution >= 4 is 27.5 Å². The van der Waals surface area contributed by atoms with Crippen LogP contribution in [0, 0.1) is 6.92 Å². The Morgan fingerprint density at radius 3 is 1.80 bits per heavy atom. The molecule has 0 saturated carbocycles. The van der Waals surface area contributed by atoms with Crippen LogP contribution >= 0.6 is 27.5 Å². The van der Waals surface area contributed by atoms with Crippen LogP contribution in [0.1, 0.15) is 0 Å². The molecule has 0 aliphatic rings. The second-order valence-corrected chi connectivity index (χ2v) is 2.55. The van der Waals surface area contributed by atoms with Crippen molar-refractivity contribution in [3.63, 3.8) is 0 Å². The Kier molecular flexibility index (Phi) is 11.4. The van der Waals surface area contributed by atoms with Crippen molar-refractivity contribution in [1.29, 1.82) is 0 Å². The molecule has 0 spiro atoms. The summed E-state index contributed by atoms with van der Waals surface area (Å²) in [5.74, 6) is 0. The van der Waals surface area contributed by atoms with Crippen molar-refractivity contribution in [2.75, 3.05) is 0 Å². The Balaban J connectivity index is 0. The molecule has 1 unspecified atom stereocenters. The average molecular weight is 165 g/mol. The number of hydrogen-bond acceptors (Lipinski definition) is 0. The zero-order valence-electron chi connectivity index (χ0n) is 3.04. The molecule has 0 N–H and O–H groups in total. The molecule has 0 bridgehead atoms. The first-order valence-corrected chi connectivity index (χ1v) is 2.20. The van der Waals surface area contributed by atoms with Gasteiger partial charge in [-0.15, -0.1) is 27.5 Å². The first-order chi connectivity index (χ1) is 1.73. The number of alkyl halides is 2. The fourth-order valence-corrected chi connectivity index (χ4v) is 0. The third-order valence-corrected chi connectivity index (χ3v) is 0. The molecule has 0 aromatic carbocycles. The van der Waals surface area contributed by atoms with Crippen LogP contribution in [0.25, 0.3) is 0 Å². The van der Waals surface area contributed by atoms with E-state index in [0.29, 0.717) is 0 Å². The van der Waals surface area contributed by atoms with E-state index in [1.54, 1.807) is 0 Å². The molecule has 0 nitrogen and oxygen atoms in total. The van der Waals surface area contributed by atoms with Crippen molar-refractivity contribution in [3.05, 3.63) is 6.92 Å². The molecule has 5 heavy (non-hydrogen) atoms. The zero-order valence-corrected chi connectivity index (χ0v) is 7.38. The predicted octanol–water partition coefficient (Wildman–Crippen LogP) is -1.22. The molecule has 0 aromatic heterocycles. The normalized spacial score (nSPS) is 12.6. The van der Waals surface area contributed by atoms with Gasteiger partial charge in [-0.2, -0.15) is 0 Å². The summed E-state index contributed by atoms with van der Waals surface area (Å²) in [6, 6.07) is 0. The Hall–Kier alpha value is 1.77. The third kappa shape index (κ3) is 26.2. The number of rotatable bonds is 0. The molecule has 0 aliphatic heterocycles. The first kappa shape index (κ1) is 9.91. The fraction of sp³-hybridized carbons (Fsp3) is 0.500. The van der Waals surface area contributed by atoms with Gasteiger partial charge in [0, 0.05) is 0 Å². The van der Waals surface area contributed by atoms with E-state index in [1.165, 1.54) is 0 Å². The minimum Gasteiger partial charge on any atom is -0.315 e. The van der Waals surface area contributed by atoms with Gasteiger partial charge in [-0.3, -0.25) is 0 Å². The second kappa shape index (κ2) is 5.77.